The Morgan fingerprint density at radius 1 is 1.08 bits per heavy atom. The predicted octanol–water partition coefficient (Wildman–Crippen LogP) is 5.65. The van der Waals surface area contributed by atoms with E-state index >= 15 is 0 Å². The monoisotopic (exact) mass is 352 g/mol. The van der Waals surface area contributed by atoms with Crippen LogP contribution in [0.1, 0.15) is 5.56 Å². The number of hydrogen-bond donors (Lipinski definition) is 0. The van der Waals surface area contributed by atoms with Gasteiger partial charge in [-0.25, -0.2) is 4.98 Å². The second kappa shape index (κ2) is 6.22. The van der Waals surface area contributed by atoms with Crippen LogP contribution in [0.15, 0.2) is 65.0 Å². The number of nitrogens with zero attached hydrogens (tertiary/aromatic N) is 2. The van der Waals surface area contributed by atoms with E-state index in [-0.39, 0.29) is 10.6 Å². The SMILES string of the molecule is O=[N+]([O-])c1ccc2nc(SCc3cccc4ccccc34)sc2c1. The Kier molecular flexibility index (Phi) is 3.92. The first-order chi connectivity index (χ1) is 11.7. The van der Waals surface area contributed by atoms with Gasteiger partial charge in [0.05, 0.1) is 15.1 Å². The molecule has 24 heavy (non-hydrogen) atoms. The van der Waals surface area contributed by atoms with Gasteiger partial charge < -0.3 is 0 Å². The molecule has 1 aromatic heterocycles. The largest absolute Gasteiger partial charge is 0.270 e. The molecule has 0 bridgehead atoms. The van der Waals surface area contributed by atoms with Crippen molar-refractivity contribution < 1.29 is 4.92 Å². The molecule has 0 fully saturated rings. The van der Waals surface area contributed by atoms with Gasteiger partial charge in [-0.1, -0.05) is 54.2 Å². The first kappa shape index (κ1) is 15.1. The van der Waals surface area contributed by atoms with E-state index in [1.807, 2.05) is 12.1 Å². The third-order valence-electron chi connectivity index (χ3n) is 3.79. The molecule has 1 heterocycles. The lowest BCUT2D eigenvalue weighted by atomic mass is 10.1. The minimum absolute atomic E-state index is 0.108. The van der Waals surface area contributed by atoms with E-state index in [1.54, 1.807) is 23.9 Å². The molecular weight excluding hydrogens is 340 g/mol. The summed E-state index contributed by atoms with van der Waals surface area (Å²) in [6, 6.07) is 19.5. The molecule has 0 amide bonds. The van der Waals surface area contributed by atoms with Crippen LogP contribution in [0.2, 0.25) is 0 Å². The van der Waals surface area contributed by atoms with Gasteiger partial charge in [0, 0.05) is 17.9 Å². The Morgan fingerprint density at radius 2 is 1.92 bits per heavy atom. The van der Waals surface area contributed by atoms with E-state index in [1.165, 1.54) is 33.7 Å². The molecule has 0 saturated heterocycles. The maximum Gasteiger partial charge on any atom is 0.270 e. The molecule has 0 atom stereocenters. The second-order valence-electron chi connectivity index (χ2n) is 5.32. The highest BCUT2D eigenvalue weighted by Gasteiger charge is 2.11. The molecule has 118 valence electrons. The van der Waals surface area contributed by atoms with Gasteiger partial charge in [0.2, 0.25) is 0 Å². The third-order valence-corrected chi connectivity index (χ3v) is 6.00. The van der Waals surface area contributed by atoms with Crippen LogP contribution in [0.3, 0.4) is 0 Å². The quantitative estimate of drug-likeness (QED) is 0.270. The topological polar surface area (TPSA) is 56.0 Å². The molecule has 4 aromatic rings. The fraction of sp³-hybridized carbons (Fsp3) is 0.0556. The summed E-state index contributed by atoms with van der Waals surface area (Å²) >= 11 is 3.17. The van der Waals surface area contributed by atoms with Crippen LogP contribution < -0.4 is 0 Å². The molecule has 4 nitrogen and oxygen atoms in total. The van der Waals surface area contributed by atoms with Crippen molar-refractivity contribution in [3.63, 3.8) is 0 Å². The Labute approximate surface area is 146 Å². The highest BCUT2D eigenvalue weighted by atomic mass is 32.2. The summed E-state index contributed by atoms with van der Waals surface area (Å²) in [6.07, 6.45) is 0. The van der Waals surface area contributed by atoms with Gasteiger partial charge >= 0.3 is 0 Å². The van der Waals surface area contributed by atoms with Crippen molar-refractivity contribution in [2.24, 2.45) is 0 Å². The van der Waals surface area contributed by atoms with Crippen LogP contribution in [0.5, 0.6) is 0 Å². The van der Waals surface area contributed by atoms with Crippen molar-refractivity contribution in [3.05, 3.63) is 76.3 Å². The molecule has 0 aliphatic rings. The van der Waals surface area contributed by atoms with Crippen molar-refractivity contribution >= 4 is 49.8 Å². The summed E-state index contributed by atoms with van der Waals surface area (Å²) in [6.45, 7) is 0. The summed E-state index contributed by atoms with van der Waals surface area (Å²) in [7, 11) is 0. The van der Waals surface area contributed by atoms with Crippen molar-refractivity contribution in [2.45, 2.75) is 10.1 Å². The van der Waals surface area contributed by atoms with Gasteiger partial charge in [-0.3, -0.25) is 10.1 Å². The summed E-state index contributed by atoms with van der Waals surface area (Å²) in [4.78, 5) is 15.1. The van der Waals surface area contributed by atoms with Crippen molar-refractivity contribution in [3.8, 4) is 0 Å². The van der Waals surface area contributed by atoms with Crippen LogP contribution in [0.25, 0.3) is 21.0 Å². The molecule has 0 aliphatic carbocycles. The molecule has 3 aromatic carbocycles. The molecule has 6 heteroatoms. The van der Waals surface area contributed by atoms with E-state index in [0.29, 0.717) is 0 Å². The first-order valence-corrected chi connectivity index (χ1v) is 9.15. The fourth-order valence-corrected chi connectivity index (χ4v) is 4.73. The smallest absolute Gasteiger partial charge is 0.258 e. The molecule has 0 spiro atoms. The van der Waals surface area contributed by atoms with E-state index in [4.69, 9.17) is 0 Å². The van der Waals surface area contributed by atoms with Crippen molar-refractivity contribution in [1.29, 1.82) is 0 Å². The average molecular weight is 352 g/mol. The number of rotatable bonds is 4. The average Bonchev–Trinajstić information content (AvgIpc) is 3.01. The van der Waals surface area contributed by atoms with Gasteiger partial charge in [-0.05, 0) is 22.4 Å². The zero-order valence-corrected chi connectivity index (χ0v) is 14.1. The maximum absolute atomic E-state index is 10.9. The first-order valence-electron chi connectivity index (χ1n) is 7.35. The molecule has 0 saturated carbocycles. The Bertz CT molecular complexity index is 1050. The third kappa shape index (κ3) is 2.86. The van der Waals surface area contributed by atoms with E-state index in [0.717, 1.165) is 20.3 Å². The molecular formula is C18H12N2O2S2. The Balaban J connectivity index is 1.61. The summed E-state index contributed by atoms with van der Waals surface area (Å²) < 4.78 is 1.78. The second-order valence-corrected chi connectivity index (χ2v) is 7.57. The van der Waals surface area contributed by atoms with Gasteiger partial charge in [-0.2, -0.15) is 0 Å². The van der Waals surface area contributed by atoms with Gasteiger partial charge in [-0.15, -0.1) is 11.3 Å². The van der Waals surface area contributed by atoms with E-state index in [9.17, 15) is 10.1 Å². The fourth-order valence-electron chi connectivity index (χ4n) is 2.63. The van der Waals surface area contributed by atoms with Crippen molar-refractivity contribution in [1.82, 2.24) is 4.98 Å². The van der Waals surface area contributed by atoms with Crippen LogP contribution in [-0.2, 0) is 5.75 Å². The van der Waals surface area contributed by atoms with Gasteiger partial charge in [0.25, 0.3) is 5.69 Å². The van der Waals surface area contributed by atoms with Crippen molar-refractivity contribution in [2.75, 3.05) is 0 Å². The zero-order valence-electron chi connectivity index (χ0n) is 12.5. The highest BCUT2D eigenvalue weighted by Crippen LogP contribution is 2.34. The summed E-state index contributed by atoms with van der Waals surface area (Å²) in [5, 5.41) is 13.4. The summed E-state index contributed by atoms with van der Waals surface area (Å²) in [5.41, 5.74) is 2.19. The number of fused-ring (bicyclic) bond motifs is 2. The van der Waals surface area contributed by atoms with Crippen LogP contribution in [0, 0.1) is 10.1 Å². The van der Waals surface area contributed by atoms with E-state index in [2.05, 4.69) is 35.3 Å². The molecule has 0 N–H and O–H groups in total. The number of nitro benzene ring substituents is 1. The minimum atomic E-state index is -0.373. The number of thioether (sulfide) groups is 1. The highest BCUT2D eigenvalue weighted by molar-refractivity contribution is 8.00. The van der Waals surface area contributed by atoms with Crippen LogP contribution in [0.4, 0.5) is 5.69 Å². The summed E-state index contributed by atoms with van der Waals surface area (Å²) in [5.74, 6) is 0.823. The lowest BCUT2D eigenvalue weighted by Crippen LogP contribution is -1.85. The Morgan fingerprint density at radius 3 is 2.79 bits per heavy atom. The molecule has 0 radical (unpaired) electrons. The molecule has 0 unspecified atom stereocenters. The van der Waals surface area contributed by atoms with Gasteiger partial charge in [0.1, 0.15) is 0 Å². The zero-order chi connectivity index (χ0) is 16.5. The molecule has 0 aliphatic heterocycles. The predicted molar refractivity (Wildman–Crippen MR) is 99.8 cm³/mol. The number of aromatic nitrogens is 1. The van der Waals surface area contributed by atoms with Gasteiger partial charge in [0.15, 0.2) is 4.34 Å². The lowest BCUT2D eigenvalue weighted by molar-refractivity contribution is -0.384. The normalized spacial score (nSPS) is 11.2. The number of hydrogen-bond acceptors (Lipinski definition) is 5. The van der Waals surface area contributed by atoms with Crippen LogP contribution >= 0.6 is 23.1 Å². The van der Waals surface area contributed by atoms with Crippen LogP contribution in [-0.4, -0.2) is 9.91 Å². The maximum atomic E-state index is 10.9. The lowest BCUT2D eigenvalue weighted by Gasteiger charge is -2.04. The standard InChI is InChI=1S/C18H12N2O2S2/c21-20(22)14-8-9-16-17(10-14)24-18(19-16)23-11-13-6-3-5-12-4-1-2-7-15(12)13/h1-10H,11H2. The minimum Gasteiger partial charge on any atom is -0.258 e. The number of benzene rings is 3. The number of nitro groups is 1. The Hall–Kier alpha value is -2.44. The van der Waals surface area contributed by atoms with E-state index < -0.39 is 0 Å². The molecule has 4 rings (SSSR count). The number of thiazole rings is 1. The number of non-ortho nitro benzene ring substituents is 1.